The molecular formula is C14H21ClO. The van der Waals surface area contributed by atoms with Crippen LogP contribution in [-0.4, -0.2) is 13.2 Å². The predicted molar refractivity (Wildman–Crippen MR) is 70.3 cm³/mol. The van der Waals surface area contributed by atoms with E-state index in [4.69, 9.17) is 16.3 Å². The standard InChI is InChI=1S/C14H21ClO/c1-4-5-8-16-10-12(3)13-9-11(2)6-7-14(13)15/h6-7,9,12H,4-5,8,10H2,1-3H3. The molecule has 0 spiro atoms. The fraction of sp³-hybridized carbons (Fsp3) is 0.571. The third-order valence-corrected chi connectivity index (χ3v) is 3.04. The van der Waals surface area contributed by atoms with Crippen molar-refractivity contribution in [2.75, 3.05) is 13.2 Å². The molecule has 16 heavy (non-hydrogen) atoms. The van der Waals surface area contributed by atoms with Crippen LogP contribution in [0.3, 0.4) is 0 Å². The van der Waals surface area contributed by atoms with Gasteiger partial charge in [-0.25, -0.2) is 0 Å². The average Bonchev–Trinajstić information content (AvgIpc) is 2.27. The van der Waals surface area contributed by atoms with Crippen molar-refractivity contribution in [3.05, 3.63) is 34.3 Å². The van der Waals surface area contributed by atoms with Crippen molar-refractivity contribution in [1.29, 1.82) is 0 Å². The first-order chi connectivity index (χ1) is 7.65. The molecule has 0 heterocycles. The fourth-order valence-electron chi connectivity index (χ4n) is 1.64. The topological polar surface area (TPSA) is 9.23 Å². The molecule has 0 N–H and O–H groups in total. The summed E-state index contributed by atoms with van der Waals surface area (Å²) in [5.41, 5.74) is 2.44. The van der Waals surface area contributed by atoms with Crippen molar-refractivity contribution in [3.8, 4) is 0 Å². The SMILES string of the molecule is CCCCOCC(C)c1cc(C)ccc1Cl. The maximum Gasteiger partial charge on any atom is 0.0532 e. The monoisotopic (exact) mass is 240 g/mol. The third-order valence-electron chi connectivity index (χ3n) is 2.69. The maximum absolute atomic E-state index is 6.18. The molecule has 0 saturated heterocycles. The van der Waals surface area contributed by atoms with E-state index in [1.165, 1.54) is 17.5 Å². The average molecular weight is 241 g/mol. The molecule has 0 radical (unpaired) electrons. The molecule has 1 rings (SSSR count). The summed E-state index contributed by atoms with van der Waals surface area (Å²) >= 11 is 6.18. The van der Waals surface area contributed by atoms with E-state index in [1.54, 1.807) is 0 Å². The minimum absolute atomic E-state index is 0.365. The minimum atomic E-state index is 0.365. The number of halogens is 1. The lowest BCUT2D eigenvalue weighted by atomic mass is 10.00. The minimum Gasteiger partial charge on any atom is -0.381 e. The smallest absolute Gasteiger partial charge is 0.0532 e. The Morgan fingerprint density at radius 2 is 2.12 bits per heavy atom. The van der Waals surface area contributed by atoms with E-state index >= 15 is 0 Å². The first-order valence-electron chi connectivity index (χ1n) is 5.99. The van der Waals surface area contributed by atoms with Gasteiger partial charge in [-0.05, 0) is 25.0 Å². The highest BCUT2D eigenvalue weighted by molar-refractivity contribution is 6.31. The Hall–Kier alpha value is -0.530. The molecule has 1 aromatic rings. The van der Waals surface area contributed by atoms with E-state index in [-0.39, 0.29) is 0 Å². The Balaban J connectivity index is 2.51. The Bertz CT molecular complexity index is 323. The van der Waals surface area contributed by atoms with Gasteiger partial charge in [0, 0.05) is 17.5 Å². The van der Waals surface area contributed by atoms with Crippen LogP contribution < -0.4 is 0 Å². The Kier molecular flexibility index (Phi) is 5.86. The van der Waals surface area contributed by atoms with Crippen LogP contribution >= 0.6 is 11.6 Å². The van der Waals surface area contributed by atoms with Crippen LogP contribution in [0.4, 0.5) is 0 Å². The van der Waals surface area contributed by atoms with Gasteiger partial charge < -0.3 is 4.74 Å². The quantitative estimate of drug-likeness (QED) is 0.662. The van der Waals surface area contributed by atoms with Gasteiger partial charge >= 0.3 is 0 Å². The summed E-state index contributed by atoms with van der Waals surface area (Å²) in [5.74, 6) is 0.365. The highest BCUT2D eigenvalue weighted by Gasteiger charge is 2.09. The van der Waals surface area contributed by atoms with Crippen LogP contribution in [0, 0.1) is 6.92 Å². The van der Waals surface area contributed by atoms with Crippen molar-refractivity contribution < 1.29 is 4.74 Å². The summed E-state index contributed by atoms with van der Waals surface area (Å²) < 4.78 is 5.63. The van der Waals surface area contributed by atoms with E-state index in [9.17, 15) is 0 Å². The summed E-state index contributed by atoms with van der Waals surface area (Å²) in [6.45, 7) is 8.02. The zero-order valence-electron chi connectivity index (χ0n) is 10.4. The molecule has 1 atom stereocenters. The van der Waals surface area contributed by atoms with E-state index < -0.39 is 0 Å². The number of ether oxygens (including phenoxy) is 1. The number of rotatable bonds is 6. The molecule has 0 amide bonds. The van der Waals surface area contributed by atoms with Gasteiger partial charge in [-0.1, -0.05) is 49.6 Å². The Morgan fingerprint density at radius 1 is 1.38 bits per heavy atom. The maximum atomic E-state index is 6.18. The zero-order valence-corrected chi connectivity index (χ0v) is 11.2. The first-order valence-corrected chi connectivity index (χ1v) is 6.36. The van der Waals surface area contributed by atoms with Gasteiger partial charge in [0.2, 0.25) is 0 Å². The van der Waals surface area contributed by atoms with E-state index in [0.29, 0.717) is 5.92 Å². The lowest BCUT2D eigenvalue weighted by Gasteiger charge is -2.14. The summed E-state index contributed by atoms with van der Waals surface area (Å²) in [5, 5.41) is 0.845. The van der Waals surface area contributed by atoms with Crippen LogP contribution in [0.1, 0.15) is 43.7 Å². The lowest BCUT2D eigenvalue weighted by Crippen LogP contribution is -2.06. The van der Waals surface area contributed by atoms with Gasteiger partial charge in [-0.15, -0.1) is 0 Å². The van der Waals surface area contributed by atoms with Crippen LogP contribution in [-0.2, 0) is 4.74 Å². The summed E-state index contributed by atoms with van der Waals surface area (Å²) in [7, 11) is 0. The van der Waals surface area contributed by atoms with Gasteiger partial charge in [0.25, 0.3) is 0 Å². The fourth-order valence-corrected chi connectivity index (χ4v) is 1.94. The van der Waals surface area contributed by atoms with Crippen molar-refractivity contribution in [1.82, 2.24) is 0 Å². The van der Waals surface area contributed by atoms with Crippen molar-refractivity contribution >= 4 is 11.6 Å². The van der Waals surface area contributed by atoms with Crippen LogP contribution in [0.5, 0.6) is 0 Å². The molecule has 0 bridgehead atoms. The lowest BCUT2D eigenvalue weighted by molar-refractivity contribution is 0.121. The first kappa shape index (κ1) is 13.5. The second kappa shape index (κ2) is 6.93. The Morgan fingerprint density at radius 3 is 2.81 bits per heavy atom. The number of unbranched alkanes of at least 4 members (excludes halogenated alkanes) is 1. The summed E-state index contributed by atoms with van der Waals surface area (Å²) in [6.07, 6.45) is 2.31. The van der Waals surface area contributed by atoms with E-state index in [2.05, 4.69) is 26.8 Å². The van der Waals surface area contributed by atoms with Crippen LogP contribution in [0.2, 0.25) is 5.02 Å². The normalized spacial score (nSPS) is 12.8. The predicted octanol–water partition coefficient (Wildman–Crippen LogP) is 4.57. The summed E-state index contributed by atoms with van der Waals surface area (Å²) in [4.78, 5) is 0. The zero-order chi connectivity index (χ0) is 12.0. The van der Waals surface area contributed by atoms with Crippen LogP contribution in [0.25, 0.3) is 0 Å². The molecule has 1 unspecified atom stereocenters. The molecular weight excluding hydrogens is 220 g/mol. The third kappa shape index (κ3) is 4.15. The molecule has 1 aromatic carbocycles. The van der Waals surface area contributed by atoms with Gasteiger partial charge in [0.15, 0.2) is 0 Å². The molecule has 0 aliphatic carbocycles. The van der Waals surface area contributed by atoms with Crippen molar-refractivity contribution in [3.63, 3.8) is 0 Å². The van der Waals surface area contributed by atoms with Crippen molar-refractivity contribution in [2.45, 2.75) is 39.5 Å². The molecule has 90 valence electrons. The van der Waals surface area contributed by atoms with Gasteiger partial charge in [-0.2, -0.15) is 0 Å². The molecule has 0 fully saturated rings. The van der Waals surface area contributed by atoms with E-state index in [1.807, 2.05) is 12.1 Å². The van der Waals surface area contributed by atoms with E-state index in [0.717, 1.165) is 24.7 Å². The second-order valence-electron chi connectivity index (χ2n) is 4.35. The number of aryl methyl sites for hydroxylation is 1. The second-order valence-corrected chi connectivity index (χ2v) is 4.76. The number of hydrogen-bond donors (Lipinski definition) is 0. The number of benzene rings is 1. The molecule has 1 nitrogen and oxygen atoms in total. The Labute approximate surface area is 104 Å². The highest BCUT2D eigenvalue weighted by atomic mass is 35.5. The molecule has 0 aromatic heterocycles. The van der Waals surface area contributed by atoms with Gasteiger partial charge in [0.1, 0.15) is 0 Å². The molecule has 2 heteroatoms. The van der Waals surface area contributed by atoms with Crippen LogP contribution in [0.15, 0.2) is 18.2 Å². The van der Waals surface area contributed by atoms with Gasteiger partial charge in [-0.3, -0.25) is 0 Å². The molecule has 0 aliphatic heterocycles. The summed E-state index contributed by atoms with van der Waals surface area (Å²) in [6, 6.07) is 6.15. The molecule has 0 aliphatic rings. The molecule has 0 saturated carbocycles. The largest absolute Gasteiger partial charge is 0.381 e. The van der Waals surface area contributed by atoms with Crippen molar-refractivity contribution in [2.24, 2.45) is 0 Å². The van der Waals surface area contributed by atoms with Gasteiger partial charge in [0.05, 0.1) is 6.61 Å². The number of hydrogen-bond acceptors (Lipinski definition) is 1. The highest BCUT2D eigenvalue weighted by Crippen LogP contribution is 2.25.